The van der Waals surface area contributed by atoms with Crippen LogP contribution in [0.15, 0.2) is 0 Å². The van der Waals surface area contributed by atoms with Crippen LogP contribution in [-0.2, 0) is 0 Å². The van der Waals surface area contributed by atoms with E-state index in [1.807, 2.05) is 6.92 Å². The van der Waals surface area contributed by atoms with Crippen molar-refractivity contribution in [3.05, 3.63) is 5.21 Å². The van der Waals surface area contributed by atoms with Gasteiger partial charge in [-0.2, -0.15) is 4.74 Å². The van der Waals surface area contributed by atoms with Crippen molar-refractivity contribution in [2.24, 2.45) is 11.3 Å². The molecule has 0 radical (unpaired) electrons. The summed E-state index contributed by atoms with van der Waals surface area (Å²) < 4.78 is 1.05. The molecule has 2 bridgehead atoms. The van der Waals surface area contributed by atoms with Gasteiger partial charge in [-0.1, -0.05) is 13.8 Å². The highest BCUT2D eigenvalue weighted by atomic mass is 35.5. The molecule has 0 amide bonds. The summed E-state index contributed by atoms with van der Waals surface area (Å²) in [6.45, 7) is 6.43. The van der Waals surface area contributed by atoms with Crippen LogP contribution >= 0.6 is 11.6 Å². The highest BCUT2D eigenvalue weighted by Gasteiger charge is 2.61. The van der Waals surface area contributed by atoms with Gasteiger partial charge in [0.1, 0.15) is 0 Å². The van der Waals surface area contributed by atoms with Crippen molar-refractivity contribution in [3.63, 3.8) is 0 Å². The van der Waals surface area contributed by atoms with Gasteiger partial charge in [0.25, 0.3) is 5.17 Å². The van der Waals surface area contributed by atoms with Crippen molar-refractivity contribution in [1.29, 1.82) is 0 Å². The van der Waals surface area contributed by atoms with Crippen molar-refractivity contribution in [3.8, 4) is 0 Å². The SMILES string of the molecule is CC1(C)[C@H]2CC[C@]1(C)[N+]([O-])=C(Cl)C2. The lowest BCUT2D eigenvalue weighted by atomic mass is 9.69. The maximum Gasteiger partial charge on any atom is 0.256 e. The monoisotopic (exact) mass is 201 g/mol. The van der Waals surface area contributed by atoms with Gasteiger partial charge in [0.2, 0.25) is 0 Å². The average Bonchev–Trinajstić information content (AvgIpc) is 2.18. The van der Waals surface area contributed by atoms with E-state index in [-0.39, 0.29) is 11.0 Å². The van der Waals surface area contributed by atoms with Crippen LogP contribution in [0.2, 0.25) is 0 Å². The van der Waals surface area contributed by atoms with Crippen molar-refractivity contribution in [2.45, 2.75) is 45.6 Å². The Labute approximate surface area is 84.2 Å². The van der Waals surface area contributed by atoms with Gasteiger partial charge in [-0.05, 0) is 23.9 Å². The lowest BCUT2D eigenvalue weighted by molar-refractivity contribution is -0.568. The fourth-order valence-electron chi connectivity index (χ4n) is 2.85. The molecule has 2 rings (SSSR count). The first kappa shape index (κ1) is 9.32. The van der Waals surface area contributed by atoms with Crippen LogP contribution in [0, 0.1) is 16.5 Å². The van der Waals surface area contributed by atoms with E-state index in [2.05, 4.69) is 13.8 Å². The molecule has 0 aromatic rings. The van der Waals surface area contributed by atoms with Crippen LogP contribution < -0.4 is 0 Å². The van der Waals surface area contributed by atoms with E-state index in [1.54, 1.807) is 0 Å². The molecule has 2 atom stereocenters. The predicted molar refractivity (Wildman–Crippen MR) is 54.0 cm³/mol. The van der Waals surface area contributed by atoms with E-state index in [4.69, 9.17) is 11.6 Å². The highest BCUT2D eigenvalue weighted by molar-refractivity contribution is 6.64. The Kier molecular flexibility index (Phi) is 1.73. The summed E-state index contributed by atoms with van der Waals surface area (Å²) in [6, 6.07) is 0. The largest absolute Gasteiger partial charge is 0.623 e. The zero-order valence-corrected chi connectivity index (χ0v) is 9.19. The van der Waals surface area contributed by atoms with Gasteiger partial charge in [0.15, 0.2) is 5.54 Å². The minimum atomic E-state index is -0.271. The Balaban J connectivity index is 2.54. The van der Waals surface area contributed by atoms with Crippen molar-refractivity contribution < 1.29 is 4.74 Å². The third kappa shape index (κ3) is 0.927. The number of rotatable bonds is 0. The molecule has 0 aromatic heterocycles. The Morgan fingerprint density at radius 1 is 1.46 bits per heavy atom. The average molecular weight is 202 g/mol. The minimum Gasteiger partial charge on any atom is -0.623 e. The maximum atomic E-state index is 11.9. The lowest BCUT2D eigenvalue weighted by Gasteiger charge is -2.42. The molecule has 0 unspecified atom stereocenters. The van der Waals surface area contributed by atoms with Gasteiger partial charge < -0.3 is 5.21 Å². The molecule has 0 spiro atoms. The molecule has 1 heterocycles. The zero-order chi connectivity index (χ0) is 9.85. The number of hydroxylamine groups is 1. The van der Waals surface area contributed by atoms with Gasteiger partial charge in [0.05, 0.1) is 0 Å². The summed E-state index contributed by atoms with van der Waals surface area (Å²) >= 11 is 5.94. The van der Waals surface area contributed by atoms with E-state index in [9.17, 15) is 5.21 Å². The van der Waals surface area contributed by atoms with Gasteiger partial charge >= 0.3 is 0 Å². The molecule has 0 saturated heterocycles. The summed E-state index contributed by atoms with van der Waals surface area (Å²) in [7, 11) is 0. The smallest absolute Gasteiger partial charge is 0.256 e. The molecule has 1 saturated carbocycles. The minimum absolute atomic E-state index is 0.104. The van der Waals surface area contributed by atoms with E-state index in [0.717, 1.165) is 24.0 Å². The lowest BCUT2D eigenvalue weighted by Crippen LogP contribution is -2.52. The second kappa shape index (κ2) is 2.41. The summed E-state index contributed by atoms with van der Waals surface area (Å²) in [5.74, 6) is 0.593. The van der Waals surface area contributed by atoms with Gasteiger partial charge in [-0.15, -0.1) is 0 Å². The fraction of sp³-hybridized carbons (Fsp3) is 0.900. The van der Waals surface area contributed by atoms with Crippen molar-refractivity contribution >= 4 is 16.8 Å². The molecular weight excluding hydrogens is 186 g/mol. The van der Waals surface area contributed by atoms with Crippen LogP contribution in [-0.4, -0.2) is 15.4 Å². The van der Waals surface area contributed by atoms with E-state index >= 15 is 0 Å². The molecule has 0 aromatic carbocycles. The Bertz CT molecular complexity index is 285. The predicted octanol–water partition coefficient (Wildman–Crippen LogP) is 2.73. The van der Waals surface area contributed by atoms with Gasteiger partial charge in [0, 0.05) is 25.2 Å². The van der Waals surface area contributed by atoms with Crippen molar-refractivity contribution in [1.82, 2.24) is 0 Å². The first-order valence-corrected chi connectivity index (χ1v) is 5.26. The van der Waals surface area contributed by atoms with Crippen LogP contribution in [0.4, 0.5) is 0 Å². The van der Waals surface area contributed by atoms with Crippen LogP contribution in [0.25, 0.3) is 0 Å². The van der Waals surface area contributed by atoms with Gasteiger partial charge in [-0.25, -0.2) is 0 Å². The fourth-order valence-corrected chi connectivity index (χ4v) is 3.23. The summed E-state index contributed by atoms with van der Waals surface area (Å²) in [4.78, 5) is 0. The molecule has 1 fully saturated rings. The maximum absolute atomic E-state index is 11.9. The Morgan fingerprint density at radius 2 is 2.08 bits per heavy atom. The first-order valence-electron chi connectivity index (χ1n) is 4.88. The quantitative estimate of drug-likeness (QED) is 0.437. The normalized spacial score (nSPS) is 42.6. The number of hydrogen-bond acceptors (Lipinski definition) is 1. The van der Waals surface area contributed by atoms with E-state index < -0.39 is 0 Å². The molecule has 2 nitrogen and oxygen atoms in total. The molecule has 1 aliphatic carbocycles. The summed E-state index contributed by atoms with van der Waals surface area (Å²) in [5, 5.41) is 12.4. The third-order valence-electron chi connectivity index (χ3n) is 4.47. The van der Waals surface area contributed by atoms with Crippen LogP contribution in [0.5, 0.6) is 0 Å². The molecule has 74 valence electrons. The number of nitrogens with zero attached hydrogens (tertiary/aromatic N) is 1. The highest BCUT2D eigenvalue weighted by Crippen LogP contribution is 2.55. The second-order valence-corrected chi connectivity index (χ2v) is 5.54. The Hall–Kier alpha value is -0.240. The molecule has 2 aliphatic rings. The first-order chi connectivity index (χ1) is 5.89. The third-order valence-corrected chi connectivity index (χ3v) is 4.78. The van der Waals surface area contributed by atoms with Gasteiger partial charge in [-0.3, -0.25) is 0 Å². The molecule has 3 heteroatoms. The Morgan fingerprint density at radius 3 is 2.69 bits per heavy atom. The van der Waals surface area contributed by atoms with Crippen LogP contribution in [0.1, 0.15) is 40.0 Å². The summed E-state index contributed by atoms with van der Waals surface area (Å²) in [5.41, 5.74) is -0.167. The topological polar surface area (TPSA) is 26.1 Å². The van der Waals surface area contributed by atoms with E-state index in [0.29, 0.717) is 11.1 Å². The van der Waals surface area contributed by atoms with E-state index in [1.165, 1.54) is 0 Å². The number of hydrogen-bond donors (Lipinski definition) is 0. The molecule has 13 heavy (non-hydrogen) atoms. The number of fused-ring (bicyclic) bond motifs is 2. The zero-order valence-electron chi connectivity index (χ0n) is 8.43. The molecular formula is C10H16ClNO. The number of halogens is 1. The second-order valence-electron chi connectivity index (χ2n) is 5.11. The summed E-state index contributed by atoms with van der Waals surface area (Å²) in [6.07, 6.45) is 2.89. The van der Waals surface area contributed by atoms with Crippen molar-refractivity contribution in [2.75, 3.05) is 0 Å². The standard InChI is InChI=1S/C10H16ClNO/c1-9(2)7-4-5-10(9,3)12(13)8(11)6-7/h7H,4-6H2,1-3H3/t7-,10-/m0/s1. The molecule has 0 N–H and O–H groups in total. The molecule has 1 aliphatic heterocycles. The van der Waals surface area contributed by atoms with Crippen LogP contribution in [0.3, 0.4) is 0 Å².